The number of halogens is 1. The second-order valence-corrected chi connectivity index (χ2v) is 3.71. The van der Waals surface area contributed by atoms with Crippen molar-refractivity contribution in [1.29, 1.82) is 0 Å². The van der Waals surface area contributed by atoms with E-state index in [1.165, 1.54) is 11.6 Å². The molecule has 82 valence electrons. The van der Waals surface area contributed by atoms with Gasteiger partial charge in [0.1, 0.15) is 5.82 Å². The van der Waals surface area contributed by atoms with Gasteiger partial charge in [0.2, 0.25) is 0 Å². The van der Waals surface area contributed by atoms with Crippen molar-refractivity contribution in [3.63, 3.8) is 0 Å². The van der Waals surface area contributed by atoms with Crippen LogP contribution in [0, 0.1) is 5.82 Å². The van der Waals surface area contributed by atoms with Crippen molar-refractivity contribution in [2.45, 2.75) is 19.8 Å². The van der Waals surface area contributed by atoms with Gasteiger partial charge in [-0.05, 0) is 45.0 Å². The molecule has 0 aliphatic heterocycles. The first-order chi connectivity index (χ1) is 7.24. The summed E-state index contributed by atoms with van der Waals surface area (Å²) < 4.78 is 13.3. The molecule has 0 atom stereocenters. The summed E-state index contributed by atoms with van der Waals surface area (Å²) in [5.74, 6) is -0.112. The van der Waals surface area contributed by atoms with Crippen LogP contribution in [-0.4, -0.2) is 13.6 Å². The first kappa shape index (κ1) is 11.9. The number of nitrogens with one attached hydrogen (secondary N) is 1. The molecule has 0 fully saturated rings. The molecule has 0 unspecified atom stereocenters. The highest BCUT2D eigenvalue weighted by atomic mass is 19.1. The van der Waals surface area contributed by atoms with Crippen molar-refractivity contribution in [3.05, 3.63) is 47.3 Å². The van der Waals surface area contributed by atoms with E-state index in [-0.39, 0.29) is 5.82 Å². The van der Waals surface area contributed by atoms with Gasteiger partial charge in [0.15, 0.2) is 0 Å². The molecule has 0 saturated carbocycles. The minimum absolute atomic E-state index is 0.112. The molecule has 0 aliphatic carbocycles. The number of hydrogen-bond acceptors (Lipinski definition) is 1. The Bertz CT molecular complexity index is 331. The van der Waals surface area contributed by atoms with Crippen LogP contribution in [0.4, 0.5) is 4.39 Å². The molecule has 15 heavy (non-hydrogen) atoms. The van der Waals surface area contributed by atoms with Crippen LogP contribution in [0.15, 0.2) is 35.9 Å². The van der Waals surface area contributed by atoms with E-state index in [1.54, 1.807) is 6.07 Å². The number of benzene rings is 1. The first-order valence-electron chi connectivity index (χ1n) is 5.27. The summed E-state index contributed by atoms with van der Waals surface area (Å²) in [6, 6.07) is 6.94. The largest absolute Gasteiger partial charge is 0.319 e. The molecule has 0 heterocycles. The number of allylic oxidation sites excluding steroid dienone is 1. The molecular weight excluding hydrogens is 189 g/mol. The maximum atomic E-state index is 13.3. The van der Waals surface area contributed by atoms with E-state index in [9.17, 15) is 4.39 Å². The molecule has 1 aromatic carbocycles. The van der Waals surface area contributed by atoms with Gasteiger partial charge in [0.25, 0.3) is 0 Å². The van der Waals surface area contributed by atoms with Gasteiger partial charge < -0.3 is 5.32 Å². The molecule has 0 radical (unpaired) electrons. The average molecular weight is 207 g/mol. The maximum Gasteiger partial charge on any atom is 0.126 e. The van der Waals surface area contributed by atoms with E-state index in [2.05, 4.69) is 11.4 Å². The molecule has 1 N–H and O–H groups in total. The fourth-order valence-corrected chi connectivity index (χ4v) is 1.48. The minimum atomic E-state index is -0.112. The standard InChI is InChI=1S/C13H18FN/c1-11(6-5-9-15-2)10-12-7-3-4-8-13(12)14/h3-4,6-8,15H,5,9-10H2,1-2H3. The highest BCUT2D eigenvalue weighted by Gasteiger charge is 2.00. The normalized spacial score (nSPS) is 11.8. The van der Waals surface area contributed by atoms with Gasteiger partial charge in [-0.15, -0.1) is 0 Å². The summed E-state index contributed by atoms with van der Waals surface area (Å²) in [4.78, 5) is 0. The van der Waals surface area contributed by atoms with E-state index in [1.807, 2.05) is 26.1 Å². The third-order valence-electron chi connectivity index (χ3n) is 2.31. The Morgan fingerprint density at radius 2 is 2.13 bits per heavy atom. The molecular formula is C13H18FN. The summed E-state index contributed by atoms with van der Waals surface area (Å²) in [6.45, 7) is 3.01. The van der Waals surface area contributed by atoms with E-state index in [4.69, 9.17) is 0 Å². The molecule has 0 bridgehead atoms. The molecule has 0 aromatic heterocycles. The molecule has 2 heteroatoms. The lowest BCUT2D eigenvalue weighted by molar-refractivity contribution is 0.613. The maximum absolute atomic E-state index is 13.3. The van der Waals surface area contributed by atoms with Gasteiger partial charge in [-0.1, -0.05) is 29.8 Å². The van der Waals surface area contributed by atoms with Gasteiger partial charge in [-0.25, -0.2) is 4.39 Å². The lowest BCUT2D eigenvalue weighted by Gasteiger charge is -2.03. The Morgan fingerprint density at radius 3 is 2.80 bits per heavy atom. The highest BCUT2D eigenvalue weighted by Crippen LogP contribution is 2.12. The van der Waals surface area contributed by atoms with Gasteiger partial charge in [0.05, 0.1) is 0 Å². The molecule has 0 spiro atoms. The van der Waals surface area contributed by atoms with Crippen LogP contribution in [-0.2, 0) is 6.42 Å². The lowest BCUT2D eigenvalue weighted by Crippen LogP contribution is -2.06. The van der Waals surface area contributed by atoms with Crippen molar-refractivity contribution >= 4 is 0 Å². The zero-order valence-electron chi connectivity index (χ0n) is 9.39. The van der Waals surface area contributed by atoms with Crippen molar-refractivity contribution in [2.24, 2.45) is 0 Å². The lowest BCUT2D eigenvalue weighted by atomic mass is 10.1. The summed E-state index contributed by atoms with van der Waals surface area (Å²) in [5, 5.41) is 3.08. The zero-order chi connectivity index (χ0) is 11.1. The van der Waals surface area contributed by atoms with E-state index < -0.39 is 0 Å². The van der Waals surface area contributed by atoms with Crippen LogP contribution < -0.4 is 5.32 Å². The molecule has 1 nitrogen and oxygen atoms in total. The Hall–Kier alpha value is -1.15. The molecule has 0 aliphatic rings. The smallest absolute Gasteiger partial charge is 0.126 e. The average Bonchev–Trinajstić information content (AvgIpc) is 2.22. The second-order valence-electron chi connectivity index (χ2n) is 3.71. The van der Waals surface area contributed by atoms with Crippen LogP contribution in [0.5, 0.6) is 0 Å². The van der Waals surface area contributed by atoms with E-state index in [0.29, 0.717) is 6.42 Å². The van der Waals surface area contributed by atoms with Crippen LogP contribution in [0.2, 0.25) is 0 Å². The summed E-state index contributed by atoms with van der Waals surface area (Å²) in [7, 11) is 1.93. The fourth-order valence-electron chi connectivity index (χ4n) is 1.48. The quantitative estimate of drug-likeness (QED) is 0.578. The zero-order valence-corrected chi connectivity index (χ0v) is 9.39. The van der Waals surface area contributed by atoms with Gasteiger partial charge in [-0.3, -0.25) is 0 Å². The Kier molecular flexibility index (Phi) is 5.05. The predicted octanol–water partition coefficient (Wildman–Crippen LogP) is 2.92. The van der Waals surface area contributed by atoms with Crippen LogP contribution in [0.1, 0.15) is 18.9 Å². The predicted molar refractivity (Wildman–Crippen MR) is 62.4 cm³/mol. The molecule has 0 saturated heterocycles. The first-order valence-corrected chi connectivity index (χ1v) is 5.27. The molecule has 0 amide bonds. The summed E-state index contributed by atoms with van der Waals surface area (Å²) in [6.07, 6.45) is 3.86. The van der Waals surface area contributed by atoms with E-state index >= 15 is 0 Å². The minimum Gasteiger partial charge on any atom is -0.319 e. The molecule has 1 aromatic rings. The Labute approximate surface area is 91.0 Å². The van der Waals surface area contributed by atoms with Crippen molar-refractivity contribution < 1.29 is 4.39 Å². The number of hydrogen-bond donors (Lipinski definition) is 1. The van der Waals surface area contributed by atoms with Crippen molar-refractivity contribution in [1.82, 2.24) is 5.32 Å². The summed E-state index contributed by atoms with van der Waals surface area (Å²) >= 11 is 0. The Balaban J connectivity index is 2.54. The third kappa shape index (κ3) is 4.26. The topological polar surface area (TPSA) is 12.0 Å². The monoisotopic (exact) mass is 207 g/mol. The van der Waals surface area contributed by atoms with Gasteiger partial charge in [0, 0.05) is 0 Å². The summed E-state index contributed by atoms with van der Waals surface area (Å²) in [5.41, 5.74) is 1.99. The Morgan fingerprint density at radius 1 is 1.40 bits per heavy atom. The van der Waals surface area contributed by atoms with Crippen LogP contribution >= 0.6 is 0 Å². The number of rotatable bonds is 5. The van der Waals surface area contributed by atoms with Crippen LogP contribution in [0.3, 0.4) is 0 Å². The van der Waals surface area contributed by atoms with E-state index in [0.717, 1.165) is 18.5 Å². The second kappa shape index (κ2) is 6.36. The van der Waals surface area contributed by atoms with Crippen LogP contribution in [0.25, 0.3) is 0 Å². The van der Waals surface area contributed by atoms with Crippen molar-refractivity contribution in [2.75, 3.05) is 13.6 Å². The van der Waals surface area contributed by atoms with Gasteiger partial charge >= 0.3 is 0 Å². The molecule has 1 rings (SSSR count). The van der Waals surface area contributed by atoms with Gasteiger partial charge in [-0.2, -0.15) is 0 Å². The van der Waals surface area contributed by atoms with Crippen molar-refractivity contribution in [3.8, 4) is 0 Å². The SMILES string of the molecule is CNCCC=C(C)Cc1ccccc1F. The third-order valence-corrected chi connectivity index (χ3v) is 2.31. The highest BCUT2D eigenvalue weighted by molar-refractivity contribution is 5.22. The fraction of sp³-hybridized carbons (Fsp3) is 0.385.